The van der Waals surface area contributed by atoms with Crippen LogP contribution in [0.2, 0.25) is 0 Å². The number of nitrogens with zero attached hydrogens (tertiary/aromatic N) is 1. The van der Waals surface area contributed by atoms with E-state index in [2.05, 4.69) is 9.71 Å². The van der Waals surface area contributed by atoms with Crippen LogP contribution in [0.3, 0.4) is 0 Å². The minimum absolute atomic E-state index is 0.0659. The van der Waals surface area contributed by atoms with E-state index in [1.807, 2.05) is 50.2 Å². The molecule has 0 fully saturated rings. The molecule has 9 heteroatoms. The summed E-state index contributed by atoms with van der Waals surface area (Å²) in [4.78, 5) is 15.6. The Kier molecular flexibility index (Phi) is 8.00. The zero-order valence-electron chi connectivity index (χ0n) is 17.0. The third-order valence-electron chi connectivity index (χ3n) is 4.88. The molecule has 2 rings (SSSR count). The number of benzene rings is 2. The summed E-state index contributed by atoms with van der Waals surface area (Å²) >= 11 is 5.61. The molecule has 30 heavy (non-hydrogen) atoms. The average molecular weight is 451 g/mol. The Hall–Kier alpha value is -2.42. The van der Waals surface area contributed by atoms with Crippen molar-refractivity contribution in [3.05, 3.63) is 65.7 Å². The van der Waals surface area contributed by atoms with Crippen molar-refractivity contribution in [2.75, 3.05) is 6.54 Å². The molecule has 2 aromatic carbocycles. The molecule has 0 bridgehead atoms. The minimum Gasteiger partial charge on any atom is -0.370 e. The maximum Gasteiger partial charge on any atom is 0.241 e. The van der Waals surface area contributed by atoms with Crippen LogP contribution >= 0.6 is 11.6 Å². The highest BCUT2D eigenvalue weighted by Crippen LogP contribution is 2.32. The molecule has 1 atom stereocenters. The van der Waals surface area contributed by atoms with Gasteiger partial charge in [-0.15, -0.1) is 0 Å². The Labute approximate surface area is 182 Å². The smallest absolute Gasteiger partial charge is 0.241 e. The summed E-state index contributed by atoms with van der Waals surface area (Å²) in [6.07, 6.45) is 0.568. The topological polar surface area (TPSA) is 128 Å². The van der Waals surface area contributed by atoms with Gasteiger partial charge in [0, 0.05) is 12.0 Å². The van der Waals surface area contributed by atoms with Gasteiger partial charge in [0.1, 0.15) is 0 Å². The molecule has 5 N–H and O–H groups in total. The van der Waals surface area contributed by atoms with E-state index in [0.717, 1.165) is 11.1 Å². The number of nitrogens with two attached hydrogens (primary N) is 2. The molecule has 0 spiro atoms. The lowest BCUT2D eigenvalue weighted by Gasteiger charge is -2.26. The number of nitrogens with one attached hydrogen (secondary N) is 1. The Bertz CT molecular complexity index is 1000. The fourth-order valence-corrected chi connectivity index (χ4v) is 4.55. The van der Waals surface area contributed by atoms with Crippen molar-refractivity contribution in [2.45, 2.75) is 43.0 Å². The summed E-state index contributed by atoms with van der Waals surface area (Å²) in [6, 6.07) is 15.4. The number of carbonyl (C=O) groups excluding carboxylic acids is 1. The summed E-state index contributed by atoms with van der Waals surface area (Å²) in [5.41, 5.74) is 12.0. The summed E-state index contributed by atoms with van der Waals surface area (Å²) in [5, 5.41) is -0.788. The summed E-state index contributed by atoms with van der Waals surface area (Å²) in [5.74, 6) is -0.0674. The monoisotopic (exact) mass is 450 g/mol. The van der Waals surface area contributed by atoms with E-state index >= 15 is 0 Å². The summed E-state index contributed by atoms with van der Waals surface area (Å²) < 4.78 is 28.2. The van der Waals surface area contributed by atoms with Crippen molar-refractivity contribution in [3.8, 4) is 0 Å². The summed E-state index contributed by atoms with van der Waals surface area (Å²) in [7, 11) is -3.96. The Morgan fingerprint density at radius 2 is 1.73 bits per heavy atom. The van der Waals surface area contributed by atoms with E-state index in [0.29, 0.717) is 6.42 Å². The number of rotatable bonds is 10. The molecule has 162 valence electrons. The number of guanidine groups is 1. The predicted molar refractivity (Wildman–Crippen MR) is 120 cm³/mol. The summed E-state index contributed by atoms with van der Waals surface area (Å²) in [6.45, 7) is 4.32. The van der Waals surface area contributed by atoms with Gasteiger partial charge in [-0.3, -0.25) is 9.79 Å². The highest BCUT2D eigenvalue weighted by molar-refractivity contribution is 7.89. The Morgan fingerprint density at radius 1 is 1.10 bits per heavy atom. The molecule has 2 aromatic rings. The third-order valence-corrected chi connectivity index (χ3v) is 6.61. The quantitative estimate of drug-likeness (QED) is 0.222. The number of sulfonamides is 1. The number of halogens is 1. The molecule has 0 aromatic heterocycles. The van der Waals surface area contributed by atoms with Crippen LogP contribution in [0.15, 0.2) is 64.5 Å². The largest absolute Gasteiger partial charge is 0.370 e. The minimum atomic E-state index is -3.96. The highest BCUT2D eigenvalue weighted by atomic mass is 35.5. The van der Waals surface area contributed by atoms with Crippen LogP contribution in [0.5, 0.6) is 0 Å². The van der Waals surface area contributed by atoms with Gasteiger partial charge < -0.3 is 11.5 Å². The van der Waals surface area contributed by atoms with E-state index < -0.39 is 26.7 Å². The highest BCUT2D eigenvalue weighted by Gasteiger charge is 2.27. The molecule has 0 radical (unpaired) electrons. The van der Waals surface area contributed by atoms with Gasteiger partial charge in [0.05, 0.1) is 10.9 Å². The van der Waals surface area contributed by atoms with Crippen molar-refractivity contribution in [2.24, 2.45) is 16.5 Å². The SMILES string of the molecule is CC(C)(c1ccccc1)c1cccc(S(=O)(=O)NC(CCCN=C(N)N)C(=O)Cl)c1. The molecular weight excluding hydrogens is 424 g/mol. The zero-order valence-corrected chi connectivity index (χ0v) is 18.6. The first kappa shape index (κ1) is 23.9. The van der Waals surface area contributed by atoms with Crippen LogP contribution in [0, 0.1) is 0 Å². The van der Waals surface area contributed by atoms with E-state index in [9.17, 15) is 13.2 Å². The molecule has 0 heterocycles. The van der Waals surface area contributed by atoms with Crippen LogP contribution in [0.1, 0.15) is 37.8 Å². The molecule has 0 amide bonds. The molecule has 0 saturated carbocycles. The second-order valence-corrected chi connectivity index (χ2v) is 9.53. The third kappa shape index (κ3) is 6.29. The van der Waals surface area contributed by atoms with Crippen LogP contribution in [-0.4, -0.2) is 32.2 Å². The zero-order chi connectivity index (χ0) is 22.4. The lowest BCUT2D eigenvalue weighted by Crippen LogP contribution is -2.39. The van der Waals surface area contributed by atoms with Crippen molar-refractivity contribution >= 4 is 32.8 Å². The standard InChI is InChI=1S/C21H27ClN4O3S/c1-21(2,15-8-4-3-5-9-15)16-10-6-11-17(14-16)30(28,29)26-18(19(22)27)12-7-13-25-20(23)24/h3-6,8-11,14,18,26H,7,12-13H2,1-2H3,(H4,23,24,25). The second-order valence-electron chi connectivity index (χ2n) is 7.45. The van der Waals surface area contributed by atoms with Gasteiger partial charge in [-0.25, -0.2) is 8.42 Å². The number of aliphatic imine (C=N–C) groups is 1. The Morgan fingerprint density at radius 3 is 2.33 bits per heavy atom. The van der Waals surface area contributed by atoms with Crippen LogP contribution in [-0.2, 0) is 20.2 Å². The van der Waals surface area contributed by atoms with Crippen molar-refractivity contribution in [1.82, 2.24) is 4.72 Å². The first-order chi connectivity index (χ1) is 14.0. The van der Waals surface area contributed by atoms with Gasteiger partial charge in [-0.05, 0) is 47.7 Å². The van der Waals surface area contributed by atoms with Gasteiger partial charge in [0.25, 0.3) is 0 Å². The molecule has 0 aliphatic carbocycles. The van der Waals surface area contributed by atoms with Crippen molar-refractivity contribution in [3.63, 3.8) is 0 Å². The maximum absolute atomic E-state index is 12.9. The van der Waals surface area contributed by atoms with Crippen LogP contribution in [0.4, 0.5) is 0 Å². The lowest BCUT2D eigenvalue weighted by molar-refractivity contribution is -0.113. The first-order valence-corrected chi connectivity index (χ1v) is 11.3. The number of carbonyl (C=O) groups is 1. The van der Waals surface area contributed by atoms with Crippen molar-refractivity contribution in [1.29, 1.82) is 0 Å². The van der Waals surface area contributed by atoms with Crippen molar-refractivity contribution < 1.29 is 13.2 Å². The molecule has 0 aliphatic rings. The molecule has 0 saturated heterocycles. The number of hydrogen-bond donors (Lipinski definition) is 3. The van der Waals surface area contributed by atoms with Crippen LogP contribution in [0.25, 0.3) is 0 Å². The van der Waals surface area contributed by atoms with Gasteiger partial charge in [0.2, 0.25) is 15.3 Å². The fourth-order valence-electron chi connectivity index (χ4n) is 3.05. The van der Waals surface area contributed by atoms with E-state index in [1.54, 1.807) is 12.1 Å². The maximum atomic E-state index is 12.9. The van der Waals surface area contributed by atoms with E-state index in [4.69, 9.17) is 23.1 Å². The first-order valence-electron chi connectivity index (χ1n) is 9.47. The second kappa shape index (κ2) is 10.1. The molecule has 0 aliphatic heterocycles. The van der Waals surface area contributed by atoms with Gasteiger partial charge in [-0.2, -0.15) is 4.72 Å². The molecular formula is C21H27ClN4O3S. The Balaban J connectivity index is 2.24. The normalized spacial score (nSPS) is 12.9. The average Bonchev–Trinajstić information content (AvgIpc) is 2.70. The number of hydrogen-bond acceptors (Lipinski definition) is 4. The van der Waals surface area contributed by atoms with Crippen LogP contribution < -0.4 is 16.2 Å². The molecule has 7 nitrogen and oxygen atoms in total. The lowest BCUT2D eigenvalue weighted by atomic mass is 9.78. The van der Waals surface area contributed by atoms with Gasteiger partial charge >= 0.3 is 0 Å². The van der Waals surface area contributed by atoms with E-state index in [1.165, 1.54) is 6.07 Å². The fraction of sp³-hybridized carbons (Fsp3) is 0.333. The van der Waals surface area contributed by atoms with Gasteiger partial charge in [0.15, 0.2) is 5.96 Å². The predicted octanol–water partition coefficient (Wildman–Crippen LogP) is 2.48. The molecule has 1 unspecified atom stereocenters. The van der Waals surface area contributed by atoms with E-state index in [-0.39, 0.29) is 23.8 Å². The van der Waals surface area contributed by atoms with Gasteiger partial charge in [-0.1, -0.05) is 56.3 Å².